The van der Waals surface area contributed by atoms with Gasteiger partial charge in [0.15, 0.2) is 0 Å². The van der Waals surface area contributed by atoms with Gasteiger partial charge in [0.2, 0.25) is 0 Å². The van der Waals surface area contributed by atoms with Crippen molar-refractivity contribution in [2.75, 3.05) is 0 Å². The van der Waals surface area contributed by atoms with Crippen LogP contribution in [0.25, 0.3) is 5.52 Å². The summed E-state index contributed by atoms with van der Waals surface area (Å²) in [6.07, 6.45) is 2.07. The van der Waals surface area contributed by atoms with E-state index in [1.807, 2.05) is 29.7 Å². The molecule has 0 unspecified atom stereocenters. The van der Waals surface area contributed by atoms with Crippen LogP contribution in [0.2, 0.25) is 0 Å². The summed E-state index contributed by atoms with van der Waals surface area (Å²) in [5, 5.41) is 8.86. The van der Waals surface area contributed by atoms with E-state index in [0.29, 0.717) is 17.1 Å². The number of halogens is 1. The fourth-order valence-corrected chi connectivity index (χ4v) is 2.44. The number of nitrogens with zero attached hydrogens (tertiary/aromatic N) is 3. The Morgan fingerprint density at radius 1 is 1.27 bits per heavy atom. The van der Waals surface area contributed by atoms with Crippen molar-refractivity contribution in [1.82, 2.24) is 9.38 Å². The molecule has 110 valence electrons. The number of pyridine rings is 1. The van der Waals surface area contributed by atoms with Gasteiger partial charge in [0.25, 0.3) is 0 Å². The van der Waals surface area contributed by atoms with E-state index in [1.54, 1.807) is 18.2 Å². The van der Waals surface area contributed by atoms with Gasteiger partial charge in [-0.05, 0) is 25.1 Å². The Morgan fingerprint density at radius 2 is 2.09 bits per heavy atom. The topological polar surface area (TPSA) is 50.3 Å². The third-order valence-electron chi connectivity index (χ3n) is 3.45. The molecule has 2 heterocycles. The number of rotatable bonds is 4. The number of benzene rings is 1. The number of nitriles is 1. The maximum Gasteiger partial charge on any atom is 0.145 e. The van der Waals surface area contributed by atoms with Gasteiger partial charge in [-0.15, -0.1) is 0 Å². The van der Waals surface area contributed by atoms with Gasteiger partial charge in [0, 0.05) is 11.8 Å². The third kappa shape index (κ3) is 2.51. The van der Waals surface area contributed by atoms with E-state index in [-0.39, 0.29) is 18.8 Å². The minimum Gasteiger partial charge on any atom is -0.487 e. The van der Waals surface area contributed by atoms with E-state index < -0.39 is 0 Å². The summed E-state index contributed by atoms with van der Waals surface area (Å²) in [7, 11) is 0. The van der Waals surface area contributed by atoms with E-state index in [9.17, 15) is 4.39 Å². The first-order chi connectivity index (χ1) is 10.7. The van der Waals surface area contributed by atoms with Crippen LogP contribution in [0.5, 0.6) is 5.75 Å². The zero-order valence-electron chi connectivity index (χ0n) is 12.1. The Balaban J connectivity index is 1.95. The molecular weight excluding hydrogens is 281 g/mol. The van der Waals surface area contributed by atoms with Crippen molar-refractivity contribution < 1.29 is 9.13 Å². The zero-order chi connectivity index (χ0) is 15.5. The fourth-order valence-electron chi connectivity index (χ4n) is 2.44. The highest BCUT2D eigenvalue weighted by Gasteiger charge is 2.12. The first-order valence-corrected chi connectivity index (χ1v) is 6.90. The van der Waals surface area contributed by atoms with Crippen LogP contribution in [-0.2, 0) is 13.0 Å². The lowest BCUT2D eigenvalue weighted by Gasteiger charge is -2.09. The van der Waals surface area contributed by atoms with Gasteiger partial charge in [0.1, 0.15) is 29.5 Å². The molecule has 0 amide bonds. The lowest BCUT2D eigenvalue weighted by Crippen LogP contribution is -2.00. The SMILES string of the molecule is Cc1nc(CC#N)n2cccc(OCc3ccccc3F)c12. The molecule has 0 saturated heterocycles. The standard InChI is InChI=1S/C17H14FN3O/c1-12-17-15(22-11-13-5-2-3-6-14(13)18)7-4-10-21(17)16(20-12)8-9-19/h2-7,10H,8,11H2,1H3. The lowest BCUT2D eigenvalue weighted by atomic mass is 10.2. The molecule has 5 heteroatoms. The highest BCUT2D eigenvalue weighted by molar-refractivity contribution is 5.64. The Labute approximate surface area is 127 Å². The van der Waals surface area contributed by atoms with Crippen molar-refractivity contribution in [2.45, 2.75) is 20.0 Å². The maximum absolute atomic E-state index is 13.7. The summed E-state index contributed by atoms with van der Waals surface area (Å²) < 4.78 is 21.3. The predicted molar refractivity (Wildman–Crippen MR) is 80.0 cm³/mol. The Morgan fingerprint density at radius 3 is 2.86 bits per heavy atom. The molecule has 0 bridgehead atoms. The highest BCUT2D eigenvalue weighted by atomic mass is 19.1. The van der Waals surface area contributed by atoms with Crippen molar-refractivity contribution in [2.24, 2.45) is 0 Å². The molecule has 3 rings (SSSR count). The summed E-state index contributed by atoms with van der Waals surface area (Å²) in [6.45, 7) is 2.01. The number of hydrogen-bond donors (Lipinski definition) is 0. The summed E-state index contributed by atoms with van der Waals surface area (Å²) in [6, 6.07) is 12.3. The Kier molecular flexibility index (Phi) is 3.75. The third-order valence-corrected chi connectivity index (χ3v) is 3.45. The van der Waals surface area contributed by atoms with E-state index in [4.69, 9.17) is 10.00 Å². The number of hydrogen-bond acceptors (Lipinski definition) is 3. The van der Waals surface area contributed by atoms with Crippen molar-refractivity contribution in [3.05, 3.63) is 65.5 Å². The fraction of sp³-hybridized carbons (Fsp3) is 0.176. The highest BCUT2D eigenvalue weighted by Crippen LogP contribution is 2.25. The Hall–Kier alpha value is -2.87. The number of aromatic nitrogens is 2. The zero-order valence-corrected chi connectivity index (χ0v) is 12.1. The van der Waals surface area contributed by atoms with Crippen LogP contribution >= 0.6 is 0 Å². The van der Waals surface area contributed by atoms with E-state index in [2.05, 4.69) is 11.1 Å². The second-order valence-corrected chi connectivity index (χ2v) is 4.92. The lowest BCUT2D eigenvalue weighted by molar-refractivity contribution is 0.302. The number of aryl methyl sites for hydroxylation is 1. The van der Waals surface area contributed by atoms with Crippen LogP contribution in [-0.4, -0.2) is 9.38 Å². The van der Waals surface area contributed by atoms with Crippen LogP contribution < -0.4 is 4.74 Å². The molecule has 0 atom stereocenters. The van der Waals surface area contributed by atoms with Crippen molar-refractivity contribution in [3.8, 4) is 11.8 Å². The minimum atomic E-state index is -0.287. The van der Waals surface area contributed by atoms with Crippen molar-refractivity contribution in [3.63, 3.8) is 0 Å². The van der Waals surface area contributed by atoms with Crippen LogP contribution in [0.1, 0.15) is 17.1 Å². The average molecular weight is 295 g/mol. The number of fused-ring (bicyclic) bond motifs is 1. The van der Waals surface area contributed by atoms with Gasteiger partial charge in [-0.3, -0.25) is 4.40 Å². The first kappa shape index (κ1) is 14.1. The van der Waals surface area contributed by atoms with Crippen LogP contribution in [0.4, 0.5) is 4.39 Å². The average Bonchev–Trinajstić information content (AvgIpc) is 2.84. The second-order valence-electron chi connectivity index (χ2n) is 4.92. The molecule has 0 aliphatic rings. The minimum absolute atomic E-state index is 0.143. The normalized spacial score (nSPS) is 10.6. The molecule has 0 radical (unpaired) electrons. The molecule has 0 aliphatic carbocycles. The molecule has 0 spiro atoms. The van der Waals surface area contributed by atoms with E-state index in [0.717, 1.165) is 11.2 Å². The van der Waals surface area contributed by atoms with Gasteiger partial charge in [-0.25, -0.2) is 9.37 Å². The largest absolute Gasteiger partial charge is 0.487 e. The van der Waals surface area contributed by atoms with Crippen molar-refractivity contribution in [1.29, 1.82) is 5.26 Å². The van der Waals surface area contributed by atoms with Gasteiger partial charge in [-0.1, -0.05) is 18.2 Å². The first-order valence-electron chi connectivity index (χ1n) is 6.90. The van der Waals surface area contributed by atoms with E-state index in [1.165, 1.54) is 6.07 Å². The van der Waals surface area contributed by atoms with Crippen molar-refractivity contribution >= 4 is 5.52 Å². The second kappa shape index (κ2) is 5.86. The molecule has 0 N–H and O–H groups in total. The number of ether oxygens (including phenoxy) is 1. The molecule has 0 saturated carbocycles. The molecule has 2 aromatic heterocycles. The molecule has 0 aliphatic heterocycles. The summed E-state index contributed by atoms with van der Waals surface area (Å²) in [4.78, 5) is 4.40. The molecule has 4 nitrogen and oxygen atoms in total. The molecule has 1 aromatic carbocycles. The van der Waals surface area contributed by atoms with Crippen LogP contribution in [0, 0.1) is 24.1 Å². The summed E-state index contributed by atoms with van der Waals surface area (Å²) >= 11 is 0. The quantitative estimate of drug-likeness (QED) is 0.741. The van der Waals surface area contributed by atoms with Crippen LogP contribution in [0.15, 0.2) is 42.6 Å². The van der Waals surface area contributed by atoms with Gasteiger partial charge < -0.3 is 4.74 Å². The molecule has 3 aromatic rings. The van der Waals surface area contributed by atoms with Gasteiger partial charge >= 0.3 is 0 Å². The van der Waals surface area contributed by atoms with E-state index >= 15 is 0 Å². The smallest absolute Gasteiger partial charge is 0.145 e. The monoisotopic (exact) mass is 295 g/mol. The number of imidazole rings is 1. The molecular formula is C17H14FN3O. The van der Waals surface area contributed by atoms with Gasteiger partial charge in [-0.2, -0.15) is 5.26 Å². The summed E-state index contributed by atoms with van der Waals surface area (Å²) in [5.41, 5.74) is 2.09. The Bertz CT molecular complexity index is 864. The molecule has 0 fully saturated rings. The molecule has 22 heavy (non-hydrogen) atoms. The van der Waals surface area contributed by atoms with Gasteiger partial charge in [0.05, 0.1) is 18.2 Å². The van der Waals surface area contributed by atoms with Crippen LogP contribution in [0.3, 0.4) is 0 Å². The predicted octanol–water partition coefficient (Wildman–Crippen LogP) is 3.43. The maximum atomic E-state index is 13.7. The summed E-state index contributed by atoms with van der Waals surface area (Å²) in [5.74, 6) is 1.01.